The molecule has 78 valence electrons. The Kier molecular flexibility index (Phi) is 7.48. The van der Waals surface area contributed by atoms with Gasteiger partial charge in [-0.3, -0.25) is 4.79 Å². The molecule has 0 saturated heterocycles. The van der Waals surface area contributed by atoms with Gasteiger partial charge in [-0.15, -0.1) is 0 Å². The van der Waals surface area contributed by atoms with Crippen LogP contribution in [0.15, 0.2) is 0 Å². The average molecular weight is 194 g/mol. The van der Waals surface area contributed by atoms with E-state index in [1.807, 2.05) is 6.92 Å². The molecular weight excluding hydrogens is 178 g/mol. The molecule has 0 aromatic rings. The molecule has 0 aliphatic rings. The fourth-order valence-electron chi connectivity index (χ4n) is 0.766. The quantitative estimate of drug-likeness (QED) is 0.587. The molecular formula is C8H16F2N2O. The fraction of sp³-hybridized carbons (Fsp3) is 0.875. The summed E-state index contributed by atoms with van der Waals surface area (Å²) in [6.45, 7) is 2.56. The van der Waals surface area contributed by atoms with Crippen LogP contribution in [0.25, 0.3) is 0 Å². The Morgan fingerprint density at radius 3 is 2.62 bits per heavy atom. The van der Waals surface area contributed by atoms with E-state index in [-0.39, 0.29) is 18.9 Å². The Balaban J connectivity index is 3.17. The Hall–Kier alpha value is -0.710. The van der Waals surface area contributed by atoms with Crippen molar-refractivity contribution in [1.29, 1.82) is 0 Å². The number of hydrogen-bond donors (Lipinski definition) is 2. The molecule has 0 aliphatic heterocycles. The SMILES string of the molecule is CCCNC(=O)CCNCC(F)F. The Morgan fingerprint density at radius 1 is 1.38 bits per heavy atom. The molecule has 13 heavy (non-hydrogen) atoms. The molecule has 5 heteroatoms. The number of amides is 1. The predicted octanol–water partition coefficient (Wildman–Crippen LogP) is 0.757. The summed E-state index contributed by atoms with van der Waals surface area (Å²) in [7, 11) is 0. The summed E-state index contributed by atoms with van der Waals surface area (Å²) in [5.41, 5.74) is 0. The molecule has 0 radical (unpaired) electrons. The van der Waals surface area contributed by atoms with Crippen molar-refractivity contribution in [3.05, 3.63) is 0 Å². The third-order valence-electron chi connectivity index (χ3n) is 1.40. The van der Waals surface area contributed by atoms with Crippen LogP contribution in [0, 0.1) is 0 Å². The Labute approximate surface area is 76.9 Å². The summed E-state index contributed by atoms with van der Waals surface area (Å²) in [5, 5.41) is 5.14. The van der Waals surface area contributed by atoms with Gasteiger partial charge in [0, 0.05) is 19.5 Å². The molecule has 0 saturated carbocycles. The molecule has 0 heterocycles. The number of alkyl halides is 2. The number of halogens is 2. The lowest BCUT2D eigenvalue weighted by Gasteiger charge is -2.04. The third-order valence-corrected chi connectivity index (χ3v) is 1.40. The summed E-state index contributed by atoms with van der Waals surface area (Å²) < 4.78 is 23.2. The molecule has 0 spiro atoms. The zero-order valence-corrected chi connectivity index (χ0v) is 7.78. The minimum Gasteiger partial charge on any atom is -0.356 e. The molecule has 2 N–H and O–H groups in total. The monoisotopic (exact) mass is 194 g/mol. The second-order valence-corrected chi connectivity index (χ2v) is 2.70. The minimum atomic E-state index is -2.35. The molecule has 3 nitrogen and oxygen atoms in total. The zero-order valence-electron chi connectivity index (χ0n) is 7.78. The Bertz CT molecular complexity index is 142. The number of rotatable bonds is 7. The van der Waals surface area contributed by atoms with Crippen LogP contribution in [0.1, 0.15) is 19.8 Å². The molecule has 0 aliphatic carbocycles. The van der Waals surface area contributed by atoms with Crippen LogP contribution in [-0.4, -0.2) is 32.0 Å². The van der Waals surface area contributed by atoms with Crippen LogP contribution in [0.3, 0.4) is 0 Å². The van der Waals surface area contributed by atoms with Crippen molar-refractivity contribution in [3.8, 4) is 0 Å². The second kappa shape index (κ2) is 7.91. The summed E-state index contributed by atoms with van der Waals surface area (Å²) in [6.07, 6.45) is -1.21. The minimum absolute atomic E-state index is 0.0939. The maximum absolute atomic E-state index is 11.6. The van der Waals surface area contributed by atoms with Gasteiger partial charge in [0.1, 0.15) is 0 Å². The van der Waals surface area contributed by atoms with Gasteiger partial charge >= 0.3 is 0 Å². The topological polar surface area (TPSA) is 41.1 Å². The maximum Gasteiger partial charge on any atom is 0.250 e. The van der Waals surface area contributed by atoms with Gasteiger partial charge in [-0.25, -0.2) is 8.78 Å². The van der Waals surface area contributed by atoms with E-state index >= 15 is 0 Å². The number of hydrogen-bond acceptors (Lipinski definition) is 2. The lowest BCUT2D eigenvalue weighted by atomic mass is 10.3. The lowest BCUT2D eigenvalue weighted by Crippen LogP contribution is -2.29. The highest BCUT2D eigenvalue weighted by Crippen LogP contribution is 1.87. The molecule has 0 rings (SSSR count). The molecule has 0 bridgehead atoms. The van der Waals surface area contributed by atoms with Crippen LogP contribution in [-0.2, 0) is 4.79 Å². The summed E-state index contributed by atoms with van der Waals surface area (Å²) in [5.74, 6) is -0.0939. The van der Waals surface area contributed by atoms with Crippen LogP contribution >= 0.6 is 0 Å². The molecule has 0 unspecified atom stereocenters. The number of nitrogens with one attached hydrogen (secondary N) is 2. The Morgan fingerprint density at radius 2 is 2.08 bits per heavy atom. The molecule has 1 amide bonds. The number of carbonyl (C=O) groups excluding carboxylic acids is 1. The number of carbonyl (C=O) groups is 1. The first-order chi connectivity index (χ1) is 6.16. The molecule has 0 aromatic carbocycles. The van der Waals surface area contributed by atoms with Crippen molar-refractivity contribution in [1.82, 2.24) is 10.6 Å². The van der Waals surface area contributed by atoms with Crippen LogP contribution in [0.5, 0.6) is 0 Å². The standard InChI is InChI=1S/C8H16F2N2O/c1-2-4-12-8(13)3-5-11-6-7(9)10/h7,11H,2-6H2,1H3,(H,12,13). The summed E-state index contributed by atoms with van der Waals surface area (Å²) >= 11 is 0. The van der Waals surface area contributed by atoms with E-state index in [9.17, 15) is 13.6 Å². The van der Waals surface area contributed by atoms with Gasteiger partial charge < -0.3 is 10.6 Å². The van der Waals surface area contributed by atoms with Gasteiger partial charge in [0.2, 0.25) is 5.91 Å². The zero-order chi connectivity index (χ0) is 10.1. The average Bonchev–Trinajstić information content (AvgIpc) is 2.08. The van der Waals surface area contributed by atoms with E-state index in [0.29, 0.717) is 13.1 Å². The fourth-order valence-corrected chi connectivity index (χ4v) is 0.766. The van der Waals surface area contributed by atoms with E-state index in [1.54, 1.807) is 0 Å². The smallest absolute Gasteiger partial charge is 0.250 e. The van der Waals surface area contributed by atoms with Crippen molar-refractivity contribution in [2.24, 2.45) is 0 Å². The molecule has 0 fully saturated rings. The van der Waals surface area contributed by atoms with Gasteiger partial charge in [0.05, 0.1) is 6.54 Å². The second-order valence-electron chi connectivity index (χ2n) is 2.70. The summed E-state index contributed by atoms with van der Waals surface area (Å²) in [6, 6.07) is 0. The lowest BCUT2D eigenvalue weighted by molar-refractivity contribution is -0.121. The first-order valence-corrected chi connectivity index (χ1v) is 4.42. The van der Waals surface area contributed by atoms with Gasteiger partial charge in [-0.1, -0.05) is 6.92 Å². The van der Waals surface area contributed by atoms with E-state index in [4.69, 9.17) is 0 Å². The highest BCUT2D eigenvalue weighted by Gasteiger charge is 2.02. The van der Waals surface area contributed by atoms with Gasteiger partial charge in [-0.2, -0.15) is 0 Å². The van der Waals surface area contributed by atoms with Crippen molar-refractivity contribution in [2.45, 2.75) is 26.2 Å². The largest absolute Gasteiger partial charge is 0.356 e. The highest BCUT2D eigenvalue weighted by atomic mass is 19.3. The van der Waals surface area contributed by atoms with E-state index < -0.39 is 6.43 Å². The van der Waals surface area contributed by atoms with E-state index in [0.717, 1.165) is 6.42 Å². The van der Waals surface area contributed by atoms with Crippen molar-refractivity contribution in [3.63, 3.8) is 0 Å². The maximum atomic E-state index is 11.6. The van der Waals surface area contributed by atoms with Crippen molar-refractivity contribution < 1.29 is 13.6 Å². The normalized spacial score (nSPS) is 10.5. The van der Waals surface area contributed by atoms with Crippen molar-refractivity contribution in [2.75, 3.05) is 19.6 Å². The van der Waals surface area contributed by atoms with Gasteiger partial charge in [0.15, 0.2) is 0 Å². The highest BCUT2D eigenvalue weighted by molar-refractivity contribution is 5.75. The first-order valence-electron chi connectivity index (χ1n) is 4.42. The van der Waals surface area contributed by atoms with Gasteiger partial charge in [-0.05, 0) is 6.42 Å². The third kappa shape index (κ3) is 9.20. The van der Waals surface area contributed by atoms with E-state index in [1.165, 1.54) is 0 Å². The van der Waals surface area contributed by atoms with Gasteiger partial charge in [0.25, 0.3) is 6.43 Å². The van der Waals surface area contributed by atoms with E-state index in [2.05, 4.69) is 10.6 Å². The summed E-state index contributed by atoms with van der Waals surface area (Å²) in [4.78, 5) is 10.9. The van der Waals surface area contributed by atoms with Crippen molar-refractivity contribution >= 4 is 5.91 Å². The van der Waals surface area contributed by atoms with Crippen LogP contribution in [0.4, 0.5) is 8.78 Å². The molecule has 0 aromatic heterocycles. The predicted molar refractivity (Wildman–Crippen MR) is 46.8 cm³/mol. The molecule has 0 atom stereocenters. The van der Waals surface area contributed by atoms with Crippen LogP contribution in [0.2, 0.25) is 0 Å². The first kappa shape index (κ1) is 12.3. The van der Waals surface area contributed by atoms with Crippen LogP contribution < -0.4 is 10.6 Å².